The van der Waals surface area contributed by atoms with Crippen molar-refractivity contribution in [1.29, 1.82) is 0 Å². The molecule has 44 heavy (non-hydrogen) atoms. The zero-order chi connectivity index (χ0) is 32.0. The Morgan fingerprint density at radius 3 is 2.39 bits per heavy atom. The van der Waals surface area contributed by atoms with Crippen molar-refractivity contribution in [2.75, 3.05) is 20.2 Å². The third kappa shape index (κ3) is 7.60. The van der Waals surface area contributed by atoms with Gasteiger partial charge in [0, 0.05) is 24.3 Å². The molecule has 2 aromatic heterocycles. The predicted octanol–water partition coefficient (Wildman–Crippen LogP) is 6.02. The van der Waals surface area contributed by atoms with Gasteiger partial charge in [0.15, 0.2) is 0 Å². The molecule has 10 nitrogen and oxygen atoms in total. The Bertz CT molecular complexity index is 1660. The second-order valence-electron chi connectivity index (χ2n) is 11.6. The van der Waals surface area contributed by atoms with Crippen molar-refractivity contribution in [3.63, 3.8) is 0 Å². The lowest BCUT2D eigenvalue weighted by molar-refractivity contribution is 0.0523. The molecule has 1 N–H and O–H groups in total. The Hall–Kier alpha value is -4.31. The molecule has 0 spiro atoms. The third-order valence-electron chi connectivity index (χ3n) is 7.16. The van der Waals surface area contributed by atoms with Crippen molar-refractivity contribution in [2.45, 2.75) is 65.6 Å². The Balaban J connectivity index is 1.77. The summed E-state index contributed by atoms with van der Waals surface area (Å²) in [4.78, 5) is 42.1. The highest BCUT2D eigenvalue weighted by atomic mass is 35.5. The summed E-state index contributed by atoms with van der Waals surface area (Å²) < 4.78 is 13.6. The predicted molar refractivity (Wildman–Crippen MR) is 171 cm³/mol. The van der Waals surface area contributed by atoms with E-state index in [2.05, 4.69) is 10.4 Å². The second kappa shape index (κ2) is 14.0. The molecular formula is C33H40ClN5O5. The van der Waals surface area contributed by atoms with Gasteiger partial charge in [-0.25, -0.2) is 9.59 Å². The molecule has 2 amide bonds. The van der Waals surface area contributed by atoms with E-state index >= 15 is 0 Å². The summed E-state index contributed by atoms with van der Waals surface area (Å²) in [7, 11) is 1.57. The van der Waals surface area contributed by atoms with Crippen molar-refractivity contribution < 1.29 is 19.1 Å². The maximum absolute atomic E-state index is 14.2. The number of fused-ring (bicyclic) bond motifs is 1. The fraction of sp³-hybridized carbons (Fsp3) is 0.394. The number of hydrogen-bond donors (Lipinski definition) is 1. The van der Waals surface area contributed by atoms with E-state index in [0.29, 0.717) is 59.2 Å². The quantitative estimate of drug-likeness (QED) is 0.205. The molecule has 0 saturated carbocycles. The molecule has 2 heterocycles. The van der Waals surface area contributed by atoms with Gasteiger partial charge in [-0.1, -0.05) is 48.9 Å². The summed E-state index contributed by atoms with van der Waals surface area (Å²) in [6.45, 7) is 10.0. The van der Waals surface area contributed by atoms with E-state index in [1.807, 2.05) is 43.3 Å². The first-order valence-corrected chi connectivity index (χ1v) is 15.1. The summed E-state index contributed by atoms with van der Waals surface area (Å²) in [5, 5.41) is 7.56. The van der Waals surface area contributed by atoms with Crippen LogP contribution >= 0.6 is 11.6 Å². The number of benzene rings is 2. The standard InChI is InChI=1S/C33H40ClN5O5/c1-7-26(27-20-28-29(34)22(2)36-39(28)32(42)38(27)21-23-12-9-8-10-13-23)37(19-11-18-35-31(41)44-33(3,4)5)30(40)24-14-16-25(43-6)17-15-24/h8-10,12-17,20,26H,7,11,18-19,21H2,1-6H3,(H,35,41). The van der Waals surface area contributed by atoms with E-state index < -0.39 is 17.7 Å². The largest absolute Gasteiger partial charge is 0.497 e. The van der Waals surface area contributed by atoms with Crippen LogP contribution in [-0.2, 0) is 11.3 Å². The molecular weight excluding hydrogens is 582 g/mol. The number of methoxy groups -OCH3 is 1. The molecule has 0 bridgehead atoms. The number of aryl methyl sites for hydroxylation is 1. The van der Waals surface area contributed by atoms with Gasteiger partial charge in [-0.2, -0.15) is 9.61 Å². The number of rotatable bonds is 11. The highest BCUT2D eigenvalue weighted by Crippen LogP contribution is 2.30. The maximum atomic E-state index is 14.2. The number of nitrogens with zero attached hydrogens (tertiary/aromatic N) is 4. The molecule has 0 fully saturated rings. The van der Waals surface area contributed by atoms with E-state index in [9.17, 15) is 14.4 Å². The Kier molecular flexibility index (Phi) is 10.4. The van der Waals surface area contributed by atoms with Crippen LogP contribution in [0.4, 0.5) is 4.79 Å². The molecule has 0 aliphatic carbocycles. The molecule has 0 aliphatic heterocycles. The molecule has 1 unspecified atom stereocenters. The third-order valence-corrected chi connectivity index (χ3v) is 7.63. The SMILES string of the molecule is CCC(c1cc2c(Cl)c(C)nn2c(=O)n1Cc1ccccc1)N(CCCNC(=O)OC(C)(C)C)C(=O)c1ccc(OC)cc1. The van der Waals surface area contributed by atoms with Gasteiger partial charge in [-0.15, -0.1) is 0 Å². The Labute approximate surface area is 262 Å². The van der Waals surface area contributed by atoms with E-state index in [-0.39, 0.29) is 18.1 Å². The zero-order valence-corrected chi connectivity index (χ0v) is 26.9. The number of nitrogens with one attached hydrogen (secondary N) is 1. The van der Waals surface area contributed by atoms with Crippen molar-refractivity contribution in [2.24, 2.45) is 0 Å². The molecule has 0 saturated heterocycles. The number of alkyl carbamates (subject to hydrolysis) is 1. The van der Waals surface area contributed by atoms with Crippen LogP contribution in [0.1, 0.15) is 73.9 Å². The first-order valence-electron chi connectivity index (χ1n) is 14.7. The Morgan fingerprint density at radius 1 is 1.09 bits per heavy atom. The summed E-state index contributed by atoms with van der Waals surface area (Å²) >= 11 is 6.61. The molecule has 2 aromatic carbocycles. The number of carbonyl (C=O) groups is 2. The van der Waals surface area contributed by atoms with Crippen LogP contribution in [0.3, 0.4) is 0 Å². The average Bonchev–Trinajstić information content (AvgIpc) is 3.28. The van der Waals surface area contributed by atoms with E-state index in [4.69, 9.17) is 21.1 Å². The van der Waals surface area contributed by atoms with Crippen LogP contribution < -0.4 is 15.7 Å². The van der Waals surface area contributed by atoms with Gasteiger partial charge >= 0.3 is 11.8 Å². The monoisotopic (exact) mass is 621 g/mol. The minimum Gasteiger partial charge on any atom is -0.497 e. The minimum absolute atomic E-state index is 0.217. The lowest BCUT2D eigenvalue weighted by atomic mass is 10.0. The van der Waals surface area contributed by atoms with Gasteiger partial charge in [0.2, 0.25) is 0 Å². The van der Waals surface area contributed by atoms with Crippen LogP contribution in [-0.4, -0.2) is 56.9 Å². The normalized spacial score (nSPS) is 12.2. The zero-order valence-electron chi connectivity index (χ0n) is 26.1. The van der Waals surface area contributed by atoms with Gasteiger partial charge < -0.3 is 19.7 Å². The van der Waals surface area contributed by atoms with Gasteiger partial charge in [-0.3, -0.25) is 9.36 Å². The molecule has 0 radical (unpaired) electrons. The molecule has 0 aliphatic rings. The molecule has 4 rings (SSSR count). The van der Waals surface area contributed by atoms with Crippen LogP contribution in [0.15, 0.2) is 65.5 Å². The van der Waals surface area contributed by atoms with E-state index in [0.717, 1.165) is 5.56 Å². The second-order valence-corrected chi connectivity index (χ2v) is 11.9. The first-order chi connectivity index (χ1) is 20.9. The average molecular weight is 622 g/mol. The lowest BCUT2D eigenvalue weighted by Gasteiger charge is -2.33. The minimum atomic E-state index is -0.623. The van der Waals surface area contributed by atoms with Crippen LogP contribution in [0.2, 0.25) is 5.02 Å². The van der Waals surface area contributed by atoms with E-state index in [1.54, 1.807) is 68.5 Å². The topological polar surface area (TPSA) is 107 Å². The number of carbonyl (C=O) groups excluding carboxylic acids is 2. The summed E-state index contributed by atoms with van der Waals surface area (Å²) in [6.07, 6.45) is 0.441. The number of aromatic nitrogens is 3. The summed E-state index contributed by atoms with van der Waals surface area (Å²) in [6, 6.07) is 17.9. The summed E-state index contributed by atoms with van der Waals surface area (Å²) in [5.41, 5.74) is 2.09. The van der Waals surface area contributed by atoms with Crippen LogP contribution in [0.25, 0.3) is 5.52 Å². The number of halogens is 1. The molecule has 1 atom stereocenters. The van der Waals surface area contributed by atoms with Crippen molar-refractivity contribution in [3.8, 4) is 5.75 Å². The van der Waals surface area contributed by atoms with Crippen molar-refractivity contribution >= 4 is 29.1 Å². The van der Waals surface area contributed by atoms with Crippen LogP contribution in [0, 0.1) is 6.92 Å². The van der Waals surface area contributed by atoms with Gasteiger partial charge in [0.1, 0.15) is 11.4 Å². The van der Waals surface area contributed by atoms with Crippen LogP contribution in [0.5, 0.6) is 5.75 Å². The highest BCUT2D eigenvalue weighted by Gasteiger charge is 2.29. The van der Waals surface area contributed by atoms with E-state index in [1.165, 1.54) is 4.52 Å². The highest BCUT2D eigenvalue weighted by molar-refractivity contribution is 6.34. The van der Waals surface area contributed by atoms with Gasteiger partial charge in [0.05, 0.1) is 35.9 Å². The number of amides is 2. The number of ether oxygens (including phenoxy) is 2. The van der Waals surface area contributed by atoms with Crippen molar-refractivity contribution in [1.82, 2.24) is 24.4 Å². The smallest absolute Gasteiger partial charge is 0.407 e. The lowest BCUT2D eigenvalue weighted by Crippen LogP contribution is -2.41. The van der Waals surface area contributed by atoms with Gasteiger partial charge in [-0.05, 0) is 76.4 Å². The van der Waals surface area contributed by atoms with Gasteiger partial charge in [0.25, 0.3) is 5.91 Å². The summed E-state index contributed by atoms with van der Waals surface area (Å²) in [5.74, 6) is 0.417. The fourth-order valence-corrected chi connectivity index (χ4v) is 5.25. The number of hydrogen-bond acceptors (Lipinski definition) is 6. The first kappa shape index (κ1) is 32.6. The van der Waals surface area contributed by atoms with Crippen molar-refractivity contribution in [3.05, 3.63) is 98.7 Å². The molecule has 11 heteroatoms. The fourth-order valence-electron chi connectivity index (χ4n) is 5.08. The molecule has 4 aromatic rings. The maximum Gasteiger partial charge on any atom is 0.407 e. The molecule has 234 valence electrons. The Morgan fingerprint density at radius 2 is 1.77 bits per heavy atom.